The summed E-state index contributed by atoms with van der Waals surface area (Å²) in [6.07, 6.45) is 2.83. The number of guanidine groups is 1. The summed E-state index contributed by atoms with van der Waals surface area (Å²) in [7, 11) is 0. The Balaban J connectivity index is 1.45. The van der Waals surface area contributed by atoms with Crippen LogP contribution in [-0.2, 0) is 6.54 Å². The van der Waals surface area contributed by atoms with E-state index in [4.69, 9.17) is 0 Å². The third-order valence-corrected chi connectivity index (χ3v) is 4.52. The molecule has 6 nitrogen and oxygen atoms in total. The van der Waals surface area contributed by atoms with Crippen molar-refractivity contribution in [1.82, 2.24) is 25.2 Å². The SMILES string of the molecule is CCNC(=NCc1nnc2ccccn12)NC1CC1c1ccccc1F. The van der Waals surface area contributed by atoms with E-state index in [1.54, 1.807) is 6.07 Å². The summed E-state index contributed by atoms with van der Waals surface area (Å²) < 4.78 is 15.9. The van der Waals surface area contributed by atoms with Gasteiger partial charge in [-0.25, -0.2) is 9.38 Å². The molecule has 1 aliphatic carbocycles. The van der Waals surface area contributed by atoms with Crippen molar-refractivity contribution >= 4 is 11.6 Å². The average Bonchev–Trinajstić information content (AvgIpc) is 3.29. The van der Waals surface area contributed by atoms with Gasteiger partial charge in [0.15, 0.2) is 17.4 Å². The number of aliphatic imine (C=N–C) groups is 1. The third-order valence-electron chi connectivity index (χ3n) is 4.52. The van der Waals surface area contributed by atoms with Gasteiger partial charge in [0.1, 0.15) is 12.4 Å². The first-order chi connectivity index (χ1) is 12.8. The lowest BCUT2D eigenvalue weighted by atomic mass is 10.1. The fourth-order valence-electron chi connectivity index (χ4n) is 3.12. The van der Waals surface area contributed by atoms with E-state index < -0.39 is 0 Å². The number of halogens is 1. The first-order valence-electron chi connectivity index (χ1n) is 8.84. The summed E-state index contributed by atoms with van der Waals surface area (Å²) in [4.78, 5) is 4.61. The van der Waals surface area contributed by atoms with Gasteiger partial charge in [0, 0.05) is 24.7 Å². The molecule has 2 atom stereocenters. The van der Waals surface area contributed by atoms with E-state index in [9.17, 15) is 4.39 Å². The van der Waals surface area contributed by atoms with Gasteiger partial charge in [-0.15, -0.1) is 10.2 Å². The van der Waals surface area contributed by atoms with Crippen LogP contribution in [0, 0.1) is 5.82 Å². The van der Waals surface area contributed by atoms with Crippen LogP contribution in [0.4, 0.5) is 4.39 Å². The molecule has 1 aromatic carbocycles. The van der Waals surface area contributed by atoms with Gasteiger partial charge >= 0.3 is 0 Å². The molecular weight excluding hydrogens is 331 g/mol. The van der Waals surface area contributed by atoms with Gasteiger partial charge in [-0.05, 0) is 37.1 Å². The largest absolute Gasteiger partial charge is 0.357 e. The number of aromatic nitrogens is 3. The van der Waals surface area contributed by atoms with Gasteiger partial charge in [-0.3, -0.25) is 4.40 Å². The van der Waals surface area contributed by atoms with Crippen molar-refractivity contribution in [2.45, 2.75) is 31.8 Å². The van der Waals surface area contributed by atoms with E-state index in [0.29, 0.717) is 12.5 Å². The highest BCUT2D eigenvalue weighted by Gasteiger charge is 2.40. The maximum absolute atomic E-state index is 13.9. The molecule has 1 saturated carbocycles. The lowest BCUT2D eigenvalue weighted by Crippen LogP contribution is -2.39. The second-order valence-electron chi connectivity index (χ2n) is 6.35. The monoisotopic (exact) mass is 352 g/mol. The van der Waals surface area contributed by atoms with Crippen LogP contribution in [0.15, 0.2) is 53.7 Å². The summed E-state index contributed by atoms with van der Waals surface area (Å²) in [5.74, 6) is 1.54. The molecule has 0 aliphatic heterocycles. The van der Waals surface area contributed by atoms with Crippen molar-refractivity contribution in [3.05, 3.63) is 65.9 Å². The molecule has 134 valence electrons. The number of hydrogen-bond donors (Lipinski definition) is 2. The Morgan fingerprint density at radius 1 is 1.23 bits per heavy atom. The average molecular weight is 352 g/mol. The summed E-state index contributed by atoms with van der Waals surface area (Å²) in [5.41, 5.74) is 1.57. The molecule has 0 saturated heterocycles. The Labute approximate surface area is 151 Å². The maximum atomic E-state index is 13.9. The van der Waals surface area contributed by atoms with Crippen LogP contribution < -0.4 is 10.6 Å². The minimum absolute atomic E-state index is 0.140. The molecule has 0 spiro atoms. The highest BCUT2D eigenvalue weighted by Crippen LogP contribution is 2.41. The number of nitrogens with one attached hydrogen (secondary N) is 2. The van der Waals surface area contributed by atoms with Crippen molar-refractivity contribution in [1.29, 1.82) is 0 Å². The predicted octanol–water partition coefficient (Wildman–Crippen LogP) is 2.48. The van der Waals surface area contributed by atoms with E-state index in [0.717, 1.165) is 30.0 Å². The van der Waals surface area contributed by atoms with Crippen LogP contribution in [0.1, 0.15) is 30.7 Å². The molecule has 0 radical (unpaired) electrons. The van der Waals surface area contributed by atoms with Crippen LogP contribution in [0.25, 0.3) is 5.65 Å². The fourth-order valence-corrected chi connectivity index (χ4v) is 3.12. The Morgan fingerprint density at radius 2 is 2.08 bits per heavy atom. The molecule has 2 heterocycles. The standard InChI is InChI=1S/C19H21FN6/c1-2-21-19(22-12-18-25-24-17-9-5-6-10-26(17)18)23-16-11-14(16)13-7-3-4-8-15(13)20/h3-10,14,16H,2,11-12H2,1H3,(H2,21,22,23). The van der Waals surface area contributed by atoms with E-state index >= 15 is 0 Å². The predicted molar refractivity (Wildman–Crippen MR) is 98.5 cm³/mol. The zero-order valence-corrected chi connectivity index (χ0v) is 14.6. The molecule has 0 bridgehead atoms. The Hall–Kier alpha value is -2.96. The minimum atomic E-state index is -0.140. The van der Waals surface area contributed by atoms with Crippen molar-refractivity contribution < 1.29 is 4.39 Å². The van der Waals surface area contributed by atoms with Crippen molar-refractivity contribution in [3.63, 3.8) is 0 Å². The maximum Gasteiger partial charge on any atom is 0.191 e. The molecule has 3 aromatic rings. The Bertz CT molecular complexity index is 934. The highest BCUT2D eigenvalue weighted by atomic mass is 19.1. The highest BCUT2D eigenvalue weighted by molar-refractivity contribution is 5.80. The van der Waals surface area contributed by atoms with E-state index in [2.05, 4.69) is 25.8 Å². The second-order valence-corrected chi connectivity index (χ2v) is 6.35. The smallest absolute Gasteiger partial charge is 0.191 e. The van der Waals surface area contributed by atoms with E-state index in [1.165, 1.54) is 6.07 Å². The fraction of sp³-hybridized carbons (Fsp3) is 0.316. The molecule has 0 amide bonds. The second kappa shape index (κ2) is 7.11. The van der Waals surface area contributed by atoms with E-state index in [-0.39, 0.29) is 17.8 Å². The summed E-state index contributed by atoms with van der Waals surface area (Å²) >= 11 is 0. The quantitative estimate of drug-likeness (QED) is 0.547. The first-order valence-corrected chi connectivity index (χ1v) is 8.84. The minimum Gasteiger partial charge on any atom is -0.357 e. The number of nitrogens with zero attached hydrogens (tertiary/aromatic N) is 4. The summed E-state index contributed by atoms with van der Waals surface area (Å²) in [5, 5.41) is 15.0. The third kappa shape index (κ3) is 3.37. The molecule has 1 aliphatic rings. The van der Waals surface area contributed by atoms with Gasteiger partial charge in [0.05, 0.1) is 0 Å². The van der Waals surface area contributed by atoms with Crippen LogP contribution >= 0.6 is 0 Å². The number of hydrogen-bond acceptors (Lipinski definition) is 3. The molecule has 4 rings (SSSR count). The molecule has 1 fully saturated rings. The van der Waals surface area contributed by atoms with Crippen LogP contribution in [-0.4, -0.2) is 33.1 Å². The topological polar surface area (TPSA) is 66.6 Å². The number of benzene rings is 1. The first kappa shape index (κ1) is 16.5. The van der Waals surface area contributed by atoms with Crippen LogP contribution in [0.5, 0.6) is 0 Å². The van der Waals surface area contributed by atoms with Crippen molar-refractivity contribution in [3.8, 4) is 0 Å². The Morgan fingerprint density at radius 3 is 2.92 bits per heavy atom. The van der Waals surface area contributed by atoms with E-state index in [1.807, 2.05) is 47.9 Å². The Kier molecular flexibility index (Phi) is 4.51. The van der Waals surface area contributed by atoms with Gasteiger partial charge in [-0.1, -0.05) is 24.3 Å². The molecule has 26 heavy (non-hydrogen) atoms. The lowest BCUT2D eigenvalue weighted by Gasteiger charge is -2.11. The van der Waals surface area contributed by atoms with Crippen LogP contribution in [0.3, 0.4) is 0 Å². The molecule has 2 N–H and O–H groups in total. The molecule has 2 unspecified atom stereocenters. The van der Waals surface area contributed by atoms with Crippen molar-refractivity contribution in [2.24, 2.45) is 4.99 Å². The van der Waals surface area contributed by atoms with Gasteiger partial charge < -0.3 is 10.6 Å². The summed E-state index contributed by atoms with van der Waals surface area (Å²) in [6, 6.07) is 12.9. The zero-order chi connectivity index (χ0) is 17.9. The number of rotatable bonds is 5. The number of fused-ring (bicyclic) bond motifs is 1. The molecular formula is C19H21FN6. The van der Waals surface area contributed by atoms with Gasteiger partial charge in [0.25, 0.3) is 0 Å². The van der Waals surface area contributed by atoms with Crippen LogP contribution in [0.2, 0.25) is 0 Å². The van der Waals surface area contributed by atoms with Gasteiger partial charge in [0.2, 0.25) is 0 Å². The van der Waals surface area contributed by atoms with Crippen molar-refractivity contribution in [2.75, 3.05) is 6.54 Å². The van der Waals surface area contributed by atoms with Gasteiger partial charge in [-0.2, -0.15) is 0 Å². The lowest BCUT2D eigenvalue weighted by molar-refractivity contribution is 0.607. The molecule has 7 heteroatoms. The zero-order valence-electron chi connectivity index (χ0n) is 14.6. The molecule has 2 aromatic heterocycles. The number of pyridine rings is 1. The summed E-state index contributed by atoms with van der Waals surface area (Å²) in [6.45, 7) is 3.19. The normalized spacial score (nSPS) is 19.5.